The van der Waals surface area contributed by atoms with Gasteiger partial charge in [0.1, 0.15) is 6.23 Å². The average Bonchev–Trinajstić information content (AvgIpc) is 3.22. The average molecular weight is 459 g/mol. The predicted molar refractivity (Wildman–Crippen MR) is 138 cm³/mol. The van der Waals surface area contributed by atoms with Gasteiger partial charge in [-0.1, -0.05) is 19.4 Å². The number of nitrogens with zero attached hydrogens (tertiary/aromatic N) is 2. The van der Waals surface area contributed by atoms with Gasteiger partial charge in [-0.25, -0.2) is 0 Å². The molecular weight excluding hydrogens is 424 g/mol. The van der Waals surface area contributed by atoms with Crippen LogP contribution in [0.5, 0.6) is 0 Å². The monoisotopic (exact) mass is 458 g/mol. The fraction of sp³-hybridized carbons (Fsp3) is 0.357. The molecule has 0 fully saturated rings. The van der Waals surface area contributed by atoms with Crippen LogP contribution < -0.4 is 10.9 Å². The minimum atomic E-state index is -0.931. The summed E-state index contributed by atoms with van der Waals surface area (Å²) in [4.78, 5) is 20.0. The molecule has 0 bridgehead atoms. The van der Waals surface area contributed by atoms with Gasteiger partial charge < -0.3 is 14.7 Å². The lowest BCUT2D eigenvalue weighted by molar-refractivity contribution is 0.138. The van der Waals surface area contributed by atoms with Gasteiger partial charge in [0.2, 0.25) is 0 Å². The maximum absolute atomic E-state index is 12.7. The van der Waals surface area contributed by atoms with Crippen LogP contribution in [0.15, 0.2) is 53.6 Å². The third-order valence-corrected chi connectivity index (χ3v) is 6.32. The summed E-state index contributed by atoms with van der Waals surface area (Å²) >= 11 is 0. The van der Waals surface area contributed by atoms with Crippen molar-refractivity contribution in [3.05, 3.63) is 87.2 Å². The molecule has 3 aromatic heterocycles. The summed E-state index contributed by atoms with van der Waals surface area (Å²) in [7, 11) is 0. The molecule has 0 saturated heterocycles. The molecule has 4 aromatic rings. The highest BCUT2D eigenvalue weighted by Crippen LogP contribution is 2.32. The molecule has 178 valence electrons. The Hall–Kier alpha value is -3.22. The molecule has 1 atom stereocenters. The van der Waals surface area contributed by atoms with E-state index in [1.165, 1.54) is 0 Å². The van der Waals surface area contributed by atoms with Gasteiger partial charge in [0, 0.05) is 64.0 Å². The van der Waals surface area contributed by atoms with Crippen molar-refractivity contribution in [2.75, 3.05) is 0 Å². The molecule has 0 radical (unpaired) electrons. The normalized spacial score (nSPS) is 12.6. The molecule has 0 saturated carbocycles. The SMILES string of the molecule is CCCc1cc(C)[nH]c(=O)c1CNC(O)c1cc(-c2ccc(C)nc2)cc2c1ccn2C(C)C. The summed E-state index contributed by atoms with van der Waals surface area (Å²) in [5.41, 5.74) is 7.27. The minimum Gasteiger partial charge on any atom is -0.374 e. The number of pyridine rings is 2. The number of aromatic nitrogens is 3. The fourth-order valence-electron chi connectivity index (χ4n) is 4.55. The van der Waals surface area contributed by atoms with Crippen LogP contribution in [0.25, 0.3) is 22.0 Å². The van der Waals surface area contributed by atoms with Crippen molar-refractivity contribution >= 4 is 10.9 Å². The summed E-state index contributed by atoms with van der Waals surface area (Å²) < 4.78 is 2.21. The lowest BCUT2D eigenvalue weighted by Gasteiger charge is -2.18. The standard InChI is InChI=1S/C28H34N4O2/c1-6-7-20-12-19(5)31-28(34)25(20)16-30-27(33)24-13-22(21-9-8-18(4)29-15-21)14-26-23(24)10-11-32(26)17(2)3/h8-15,17,27,30,33H,6-7,16H2,1-5H3,(H,31,34). The third-order valence-electron chi connectivity index (χ3n) is 6.32. The number of aromatic amines is 1. The number of nitrogens with one attached hydrogen (secondary N) is 2. The Morgan fingerprint density at radius 1 is 1.12 bits per heavy atom. The molecule has 0 aliphatic rings. The van der Waals surface area contributed by atoms with Crippen LogP contribution in [0.4, 0.5) is 0 Å². The van der Waals surface area contributed by atoms with Gasteiger partial charge >= 0.3 is 0 Å². The number of hydrogen-bond acceptors (Lipinski definition) is 4. The first-order valence-electron chi connectivity index (χ1n) is 12.0. The Labute approximate surface area is 200 Å². The Morgan fingerprint density at radius 3 is 2.59 bits per heavy atom. The second-order valence-corrected chi connectivity index (χ2v) is 9.32. The Bertz CT molecular complexity index is 1350. The smallest absolute Gasteiger partial charge is 0.252 e. The summed E-state index contributed by atoms with van der Waals surface area (Å²) in [6, 6.07) is 12.6. The summed E-state index contributed by atoms with van der Waals surface area (Å²) in [6.45, 7) is 10.5. The Balaban J connectivity index is 1.73. The highest BCUT2D eigenvalue weighted by Gasteiger charge is 2.18. The lowest BCUT2D eigenvalue weighted by atomic mass is 9.99. The van der Waals surface area contributed by atoms with Crippen LogP contribution in [0.1, 0.15) is 67.5 Å². The molecule has 0 aliphatic carbocycles. The van der Waals surface area contributed by atoms with E-state index in [-0.39, 0.29) is 18.1 Å². The maximum atomic E-state index is 12.7. The second-order valence-electron chi connectivity index (χ2n) is 9.32. The van der Waals surface area contributed by atoms with Crippen LogP contribution in [0.2, 0.25) is 0 Å². The number of benzene rings is 1. The van der Waals surface area contributed by atoms with E-state index >= 15 is 0 Å². The van der Waals surface area contributed by atoms with Crippen LogP contribution in [0, 0.1) is 13.8 Å². The molecule has 3 heterocycles. The molecule has 3 N–H and O–H groups in total. The van der Waals surface area contributed by atoms with Crippen molar-refractivity contribution in [3.63, 3.8) is 0 Å². The van der Waals surface area contributed by atoms with E-state index in [0.717, 1.165) is 57.4 Å². The zero-order valence-corrected chi connectivity index (χ0v) is 20.6. The number of H-pyrrole nitrogens is 1. The number of hydrogen-bond donors (Lipinski definition) is 3. The van der Waals surface area contributed by atoms with Crippen LogP contribution in [-0.4, -0.2) is 19.6 Å². The van der Waals surface area contributed by atoms with Gasteiger partial charge in [0.05, 0.1) is 0 Å². The van der Waals surface area contributed by atoms with E-state index in [0.29, 0.717) is 5.56 Å². The van der Waals surface area contributed by atoms with Gasteiger partial charge in [-0.3, -0.25) is 15.1 Å². The highest BCUT2D eigenvalue weighted by molar-refractivity contribution is 5.89. The lowest BCUT2D eigenvalue weighted by Crippen LogP contribution is -2.27. The quantitative estimate of drug-likeness (QED) is 0.312. The van der Waals surface area contributed by atoms with Gasteiger partial charge in [-0.15, -0.1) is 0 Å². The van der Waals surface area contributed by atoms with E-state index in [9.17, 15) is 9.90 Å². The van der Waals surface area contributed by atoms with Gasteiger partial charge in [-0.05, 0) is 75.6 Å². The first-order valence-corrected chi connectivity index (χ1v) is 12.0. The van der Waals surface area contributed by atoms with E-state index < -0.39 is 6.23 Å². The fourth-order valence-corrected chi connectivity index (χ4v) is 4.55. The number of aliphatic hydroxyl groups excluding tert-OH is 1. The first-order chi connectivity index (χ1) is 16.3. The van der Waals surface area contributed by atoms with E-state index in [1.807, 2.05) is 44.3 Å². The number of aliphatic hydroxyl groups is 1. The molecule has 0 aliphatic heterocycles. The Kier molecular flexibility index (Phi) is 7.00. The molecule has 0 amide bonds. The summed E-state index contributed by atoms with van der Waals surface area (Å²) in [5.74, 6) is 0. The summed E-state index contributed by atoms with van der Waals surface area (Å²) in [5, 5.41) is 15.5. The van der Waals surface area contributed by atoms with Crippen molar-refractivity contribution in [2.45, 2.75) is 66.3 Å². The zero-order chi connectivity index (χ0) is 24.4. The van der Waals surface area contributed by atoms with Gasteiger partial charge in [0.25, 0.3) is 5.56 Å². The van der Waals surface area contributed by atoms with Crippen molar-refractivity contribution in [1.29, 1.82) is 0 Å². The van der Waals surface area contributed by atoms with Crippen molar-refractivity contribution < 1.29 is 5.11 Å². The maximum Gasteiger partial charge on any atom is 0.252 e. The first kappa shape index (κ1) is 23.9. The van der Waals surface area contributed by atoms with Crippen LogP contribution in [-0.2, 0) is 13.0 Å². The van der Waals surface area contributed by atoms with Crippen LogP contribution >= 0.6 is 0 Å². The van der Waals surface area contributed by atoms with E-state index in [2.05, 4.69) is 59.0 Å². The molecular formula is C28H34N4O2. The minimum absolute atomic E-state index is 0.0984. The number of fused-ring (bicyclic) bond motifs is 1. The van der Waals surface area contributed by atoms with Crippen molar-refractivity contribution in [1.82, 2.24) is 19.9 Å². The highest BCUT2D eigenvalue weighted by atomic mass is 16.3. The molecule has 6 heteroatoms. The van der Waals surface area contributed by atoms with Crippen molar-refractivity contribution in [2.24, 2.45) is 0 Å². The Morgan fingerprint density at radius 2 is 1.91 bits per heavy atom. The molecule has 0 spiro atoms. The predicted octanol–water partition coefficient (Wildman–Crippen LogP) is 5.32. The largest absolute Gasteiger partial charge is 0.374 e. The molecule has 1 aromatic carbocycles. The van der Waals surface area contributed by atoms with Gasteiger partial charge in [-0.2, -0.15) is 0 Å². The zero-order valence-electron chi connectivity index (χ0n) is 20.6. The number of aryl methyl sites for hydroxylation is 3. The number of rotatable bonds is 8. The molecule has 1 unspecified atom stereocenters. The van der Waals surface area contributed by atoms with E-state index in [1.54, 1.807) is 0 Å². The van der Waals surface area contributed by atoms with Crippen LogP contribution in [0.3, 0.4) is 0 Å². The summed E-state index contributed by atoms with van der Waals surface area (Å²) in [6.07, 6.45) is 4.78. The second kappa shape index (κ2) is 9.95. The van der Waals surface area contributed by atoms with Gasteiger partial charge in [0.15, 0.2) is 0 Å². The van der Waals surface area contributed by atoms with E-state index in [4.69, 9.17) is 0 Å². The molecule has 4 rings (SSSR count). The topological polar surface area (TPSA) is 82.9 Å². The third kappa shape index (κ3) is 4.83. The molecule has 6 nitrogen and oxygen atoms in total. The molecule has 34 heavy (non-hydrogen) atoms. The van der Waals surface area contributed by atoms with Crippen molar-refractivity contribution in [3.8, 4) is 11.1 Å².